The summed E-state index contributed by atoms with van der Waals surface area (Å²) in [6.07, 6.45) is 5.08. The summed E-state index contributed by atoms with van der Waals surface area (Å²) in [6, 6.07) is 14.2. The van der Waals surface area contributed by atoms with Gasteiger partial charge in [-0.3, -0.25) is 9.78 Å². The first-order valence-corrected chi connectivity index (χ1v) is 7.84. The third-order valence-electron chi connectivity index (χ3n) is 4.33. The van der Waals surface area contributed by atoms with E-state index in [1.54, 1.807) is 6.20 Å². The van der Waals surface area contributed by atoms with E-state index in [2.05, 4.69) is 24.0 Å². The fourth-order valence-electron chi connectivity index (χ4n) is 2.64. The lowest BCUT2D eigenvalue weighted by Crippen LogP contribution is -2.30. The minimum absolute atomic E-state index is 0.0366. The van der Waals surface area contributed by atoms with Crippen LogP contribution >= 0.6 is 0 Å². The number of pyridine rings is 1. The van der Waals surface area contributed by atoms with Crippen LogP contribution in [0.4, 0.5) is 0 Å². The van der Waals surface area contributed by atoms with Crippen LogP contribution in [0.3, 0.4) is 0 Å². The summed E-state index contributed by atoms with van der Waals surface area (Å²) >= 11 is 0. The van der Waals surface area contributed by atoms with Crippen LogP contribution in [0.25, 0.3) is 0 Å². The molecule has 22 heavy (non-hydrogen) atoms. The molecule has 2 aromatic rings. The number of rotatable bonds is 6. The molecule has 0 saturated carbocycles. The number of benzene rings is 1. The van der Waals surface area contributed by atoms with Crippen LogP contribution in [0.15, 0.2) is 54.9 Å². The van der Waals surface area contributed by atoms with E-state index >= 15 is 0 Å². The highest BCUT2D eigenvalue weighted by Gasteiger charge is 2.21. The molecule has 0 N–H and O–H groups in total. The second-order valence-electron chi connectivity index (χ2n) is 5.69. The smallest absolute Gasteiger partial charge is 0.223 e. The summed E-state index contributed by atoms with van der Waals surface area (Å²) in [6.45, 7) is 4.17. The standard InChI is InChI=1S/C19H24N2O/c1-4-16(17-9-6-5-7-10-17)13-19(22)21(3)15(2)18-11-8-12-20-14-18/h5-12,14-16H,4,13H2,1-3H3. The number of carbonyl (C=O) groups excluding carboxylic acids is 1. The van der Waals surface area contributed by atoms with E-state index in [9.17, 15) is 4.79 Å². The first-order chi connectivity index (χ1) is 10.6. The van der Waals surface area contributed by atoms with Crippen molar-refractivity contribution in [2.75, 3.05) is 7.05 Å². The lowest BCUT2D eigenvalue weighted by Gasteiger charge is -2.27. The lowest BCUT2D eigenvalue weighted by atomic mass is 9.92. The van der Waals surface area contributed by atoms with Gasteiger partial charge in [0.1, 0.15) is 0 Å². The van der Waals surface area contributed by atoms with Crippen molar-refractivity contribution in [3.63, 3.8) is 0 Å². The Balaban J connectivity index is 2.04. The maximum atomic E-state index is 12.6. The molecular weight excluding hydrogens is 272 g/mol. The van der Waals surface area contributed by atoms with Crippen molar-refractivity contribution < 1.29 is 4.79 Å². The van der Waals surface area contributed by atoms with Gasteiger partial charge in [-0.05, 0) is 36.5 Å². The molecule has 2 atom stereocenters. The molecule has 0 spiro atoms. The first kappa shape index (κ1) is 16.2. The molecule has 1 aromatic heterocycles. The van der Waals surface area contributed by atoms with Crippen LogP contribution in [0, 0.1) is 0 Å². The molecule has 2 rings (SSSR count). The van der Waals surface area contributed by atoms with Crippen molar-refractivity contribution in [1.29, 1.82) is 0 Å². The van der Waals surface area contributed by atoms with Crippen molar-refractivity contribution in [2.24, 2.45) is 0 Å². The monoisotopic (exact) mass is 296 g/mol. The third-order valence-corrected chi connectivity index (χ3v) is 4.33. The minimum Gasteiger partial charge on any atom is -0.339 e. The van der Waals surface area contributed by atoms with Crippen LogP contribution in [-0.4, -0.2) is 22.8 Å². The highest BCUT2D eigenvalue weighted by molar-refractivity contribution is 5.77. The Morgan fingerprint density at radius 3 is 2.41 bits per heavy atom. The molecule has 0 aliphatic carbocycles. The molecule has 116 valence electrons. The van der Waals surface area contributed by atoms with Crippen LogP contribution < -0.4 is 0 Å². The summed E-state index contributed by atoms with van der Waals surface area (Å²) in [5.41, 5.74) is 2.30. The third kappa shape index (κ3) is 3.94. The fraction of sp³-hybridized carbons (Fsp3) is 0.368. The minimum atomic E-state index is 0.0366. The molecular formula is C19H24N2O. The van der Waals surface area contributed by atoms with Gasteiger partial charge >= 0.3 is 0 Å². The first-order valence-electron chi connectivity index (χ1n) is 7.84. The number of aromatic nitrogens is 1. The summed E-state index contributed by atoms with van der Waals surface area (Å²) in [5, 5.41) is 0. The maximum absolute atomic E-state index is 12.6. The molecule has 0 fully saturated rings. The highest BCUT2D eigenvalue weighted by Crippen LogP contribution is 2.26. The maximum Gasteiger partial charge on any atom is 0.223 e. The van der Waals surface area contributed by atoms with Gasteiger partial charge in [-0.25, -0.2) is 0 Å². The van der Waals surface area contributed by atoms with Crippen LogP contribution in [0.1, 0.15) is 49.8 Å². The van der Waals surface area contributed by atoms with E-state index in [1.165, 1.54) is 5.56 Å². The van der Waals surface area contributed by atoms with Gasteiger partial charge in [-0.1, -0.05) is 43.3 Å². The molecule has 3 nitrogen and oxygen atoms in total. The molecule has 0 saturated heterocycles. The zero-order valence-corrected chi connectivity index (χ0v) is 13.6. The van der Waals surface area contributed by atoms with Crippen LogP contribution in [-0.2, 0) is 4.79 Å². The SMILES string of the molecule is CCC(CC(=O)N(C)C(C)c1cccnc1)c1ccccc1. The molecule has 1 heterocycles. The normalized spacial score (nSPS) is 13.4. The Kier molecular flexibility index (Phi) is 5.70. The van der Waals surface area contributed by atoms with Gasteiger partial charge in [-0.15, -0.1) is 0 Å². The molecule has 0 aliphatic rings. The average Bonchev–Trinajstić information content (AvgIpc) is 2.59. The van der Waals surface area contributed by atoms with Crippen molar-refractivity contribution in [1.82, 2.24) is 9.88 Å². The number of amides is 1. The molecule has 0 radical (unpaired) electrons. The van der Waals surface area contributed by atoms with Crippen molar-refractivity contribution in [2.45, 2.75) is 38.6 Å². The fourth-order valence-corrected chi connectivity index (χ4v) is 2.64. The Labute approximate surface area is 133 Å². The van der Waals surface area contributed by atoms with E-state index < -0.39 is 0 Å². The van der Waals surface area contributed by atoms with Crippen molar-refractivity contribution in [3.05, 3.63) is 66.0 Å². The Morgan fingerprint density at radius 1 is 1.14 bits per heavy atom. The van der Waals surface area contributed by atoms with Gasteiger partial charge in [0.15, 0.2) is 0 Å². The summed E-state index contributed by atoms with van der Waals surface area (Å²) in [4.78, 5) is 18.6. The van der Waals surface area contributed by atoms with E-state index in [-0.39, 0.29) is 17.9 Å². The predicted molar refractivity (Wildman–Crippen MR) is 89.5 cm³/mol. The average molecular weight is 296 g/mol. The lowest BCUT2D eigenvalue weighted by molar-refractivity contribution is -0.132. The number of hydrogen-bond donors (Lipinski definition) is 0. The van der Waals surface area contributed by atoms with E-state index in [0.717, 1.165) is 12.0 Å². The number of hydrogen-bond acceptors (Lipinski definition) is 2. The van der Waals surface area contributed by atoms with Gasteiger partial charge in [0.05, 0.1) is 6.04 Å². The van der Waals surface area contributed by atoms with E-state index in [1.807, 2.05) is 55.4 Å². The summed E-state index contributed by atoms with van der Waals surface area (Å²) < 4.78 is 0. The number of nitrogens with zero attached hydrogens (tertiary/aromatic N) is 2. The Morgan fingerprint density at radius 2 is 1.82 bits per heavy atom. The van der Waals surface area contributed by atoms with E-state index in [4.69, 9.17) is 0 Å². The Hall–Kier alpha value is -2.16. The van der Waals surface area contributed by atoms with Crippen LogP contribution in [0.5, 0.6) is 0 Å². The molecule has 3 heteroatoms. The van der Waals surface area contributed by atoms with Gasteiger partial charge in [0, 0.05) is 25.9 Å². The van der Waals surface area contributed by atoms with E-state index in [0.29, 0.717) is 6.42 Å². The topological polar surface area (TPSA) is 33.2 Å². The largest absolute Gasteiger partial charge is 0.339 e. The van der Waals surface area contributed by atoms with Crippen molar-refractivity contribution in [3.8, 4) is 0 Å². The van der Waals surface area contributed by atoms with Gasteiger partial charge in [0.25, 0.3) is 0 Å². The quantitative estimate of drug-likeness (QED) is 0.801. The predicted octanol–water partition coefficient (Wildman–Crippen LogP) is 4.18. The van der Waals surface area contributed by atoms with Crippen LogP contribution in [0.2, 0.25) is 0 Å². The molecule has 0 aliphatic heterocycles. The Bertz CT molecular complexity index is 583. The van der Waals surface area contributed by atoms with Gasteiger partial charge < -0.3 is 4.90 Å². The summed E-state index contributed by atoms with van der Waals surface area (Å²) in [7, 11) is 1.87. The van der Waals surface area contributed by atoms with Crippen molar-refractivity contribution >= 4 is 5.91 Å². The second kappa shape index (κ2) is 7.74. The van der Waals surface area contributed by atoms with Gasteiger partial charge in [0.2, 0.25) is 5.91 Å². The summed E-state index contributed by atoms with van der Waals surface area (Å²) in [5.74, 6) is 0.448. The highest BCUT2D eigenvalue weighted by atomic mass is 16.2. The zero-order valence-electron chi connectivity index (χ0n) is 13.6. The molecule has 0 bridgehead atoms. The van der Waals surface area contributed by atoms with Gasteiger partial charge in [-0.2, -0.15) is 0 Å². The second-order valence-corrected chi connectivity index (χ2v) is 5.69. The molecule has 1 amide bonds. The molecule has 1 aromatic carbocycles. The molecule has 2 unspecified atom stereocenters. The number of carbonyl (C=O) groups is 1. The zero-order chi connectivity index (χ0) is 15.9.